The molecule has 8 aliphatic heterocycles. The number of benzene rings is 5. The molecule has 11 bridgehead atoms. The number of phenolic OH excluding ortho intramolecular Hbond substituents is 3. The van der Waals surface area contributed by atoms with E-state index >= 15 is 19.2 Å². The minimum absolute atomic E-state index is 0.0420. The molecule has 13 rings (SSSR count). The van der Waals surface area contributed by atoms with Gasteiger partial charge in [-0.1, -0.05) is 49.7 Å². The lowest BCUT2D eigenvalue weighted by Crippen LogP contribution is -2.64. The molecule has 8 heterocycles. The highest BCUT2D eigenvalue weighted by Crippen LogP contribution is 2.50. The van der Waals surface area contributed by atoms with Gasteiger partial charge in [0.05, 0.1) is 48.5 Å². The van der Waals surface area contributed by atoms with Crippen molar-refractivity contribution in [2.45, 2.75) is 201 Å². The second-order valence-corrected chi connectivity index (χ2v) is 29.5. The molecule has 5 aromatic rings. The van der Waals surface area contributed by atoms with Crippen molar-refractivity contribution in [2.75, 3.05) is 13.7 Å². The van der Waals surface area contributed by atoms with Gasteiger partial charge in [0.2, 0.25) is 53.4 Å². The first-order valence-corrected chi connectivity index (χ1v) is 35.6. The van der Waals surface area contributed by atoms with Crippen molar-refractivity contribution >= 4 is 58.9 Å². The number of likely N-dealkylation sites (N-methyl/N-ethyl adjacent to an activating group) is 1. The van der Waals surface area contributed by atoms with Crippen LogP contribution < -0.4 is 68.6 Å². The molecule has 0 radical (unpaired) electrons. The van der Waals surface area contributed by atoms with Crippen LogP contribution in [-0.4, -0.2) is 215 Å². The standard InChI is InChI=1S/C73H89ClN10O26/c1-27(2)16-39(78-7)64(95)83-54-56(90)32-11-15-43(38(74)18-32)106-45-20-33-19-44(60(45)110-71-61(58(92)57(91)46(26-85)107-71)109-49-25-73(6,77)63(94)29(4)104-49)105-35-12-8-30(9-13-35)59(108-48-24-72(5,76)62(93)28(3)103-48)55-69(100)82-53(70(101)102)37-21-34(86)22-42(88)50(37)36-17-31(10-14-41(36)87)51(66(97)84-55)81-67(98)52(33)80-65(96)40(23-47(75)89)79-68(54)99/h8-15,17-22,27-29,39-40,46,48-49,51-59,61-63,71,78,85-88,90-94H,16,23-26,76-77H2,1-7H3,(H2,75,89)(H,79,99)(H,80,96)(H,81,98)(H,82,100)(H,83,95)(H,84,97)(H,101,102)/t28?,29?,39-,40+,46?,48?,49?,51-,52-,53+,54-,55?,56-,57?,58?,59-,61?,62?,63?,71?,72?,73?/m1/s1. The maximum Gasteiger partial charge on any atom is 0.330 e. The maximum atomic E-state index is 16.3. The van der Waals surface area contributed by atoms with Crippen molar-refractivity contribution in [3.63, 3.8) is 0 Å². The van der Waals surface area contributed by atoms with E-state index < -0.39 is 250 Å². The maximum absolute atomic E-state index is 16.3. The number of carbonyl (C=O) groups excluding carboxylic acids is 7. The summed E-state index contributed by atoms with van der Waals surface area (Å²) < 4.78 is 51.7. The summed E-state index contributed by atoms with van der Waals surface area (Å²) in [7, 11) is 1.48. The zero-order valence-electron chi connectivity index (χ0n) is 60.4. The van der Waals surface area contributed by atoms with Crippen LogP contribution in [0.25, 0.3) is 11.1 Å². The molecule has 8 aliphatic rings. The molecular weight excluding hydrogens is 1470 g/mol. The van der Waals surface area contributed by atoms with Crippen LogP contribution in [0, 0.1) is 5.92 Å². The van der Waals surface area contributed by atoms with Crippen molar-refractivity contribution in [3.8, 4) is 57.1 Å². The summed E-state index contributed by atoms with van der Waals surface area (Å²) in [4.78, 5) is 120. The van der Waals surface area contributed by atoms with E-state index in [2.05, 4.69) is 37.2 Å². The fraction of sp³-hybridized carbons (Fsp3) is 0.479. The van der Waals surface area contributed by atoms with Crippen molar-refractivity contribution in [2.24, 2.45) is 23.1 Å². The number of fused-ring (bicyclic) bond motifs is 15. The number of nitrogens with two attached hydrogens (primary N) is 3. The number of hydrogen-bond acceptors (Lipinski definition) is 28. The number of phenols is 3. The SMILES string of the molecule is CN[C@H](CC(C)C)C(=O)N[C@H]1C(=O)N[C@@H](CC(N)=O)C(=O)N[C@H]2C(=O)N[C@H]3C(=O)NC(C(=O)N[C@H](C(=O)O)c4cc(O)cc(O)c4-c4cc3ccc4O)[C@H](OC3CC(C)(N)C(O)C(C)O3)c3ccc(cc3)Oc3cc2cc(c3OC2OC(CO)C(O)C(O)C2OC2CC(C)(N)C(O)C(C)O2)Oc2ccc(cc2Cl)[C@H]1O. The summed E-state index contributed by atoms with van der Waals surface area (Å²) in [6.07, 6.45) is -22.4. The Morgan fingerprint density at radius 2 is 1.27 bits per heavy atom. The lowest BCUT2D eigenvalue weighted by atomic mass is 9.86. The summed E-state index contributed by atoms with van der Waals surface area (Å²) in [6, 6.07) is 1.51. The molecule has 3 saturated heterocycles. The summed E-state index contributed by atoms with van der Waals surface area (Å²) in [6.45, 7) is 8.66. The number of rotatable bonds is 15. The fourth-order valence-corrected chi connectivity index (χ4v) is 14.4. The van der Waals surface area contributed by atoms with Gasteiger partial charge in [0.15, 0.2) is 36.2 Å². The third-order valence-corrected chi connectivity index (χ3v) is 20.4. The number of primary amides is 1. The Labute approximate surface area is 633 Å². The molecular formula is C73H89ClN10O26. The Morgan fingerprint density at radius 1 is 0.673 bits per heavy atom. The molecule has 0 spiro atoms. The van der Waals surface area contributed by atoms with Crippen molar-refractivity contribution < 1.29 is 127 Å². The first-order valence-electron chi connectivity index (χ1n) is 35.2. The van der Waals surface area contributed by atoms with Crippen LogP contribution in [0.3, 0.4) is 0 Å². The number of hydrogen-bond donors (Lipinski definition) is 20. The molecule has 37 heteroatoms. The highest BCUT2D eigenvalue weighted by molar-refractivity contribution is 6.32. The van der Waals surface area contributed by atoms with Crippen molar-refractivity contribution in [1.82, 2.24) is 37.2 Å². The first kappa shape index (κ1) is 81.4. The second-order valence-electron chi connectivity index (χ2n) is 29.1. The van der Waals surface area contributed by atoms with E-state index in [1.54, 1.807) is 0 Å². The molecule has 0 aliphatic carbocycles. The van der Waals surface area contributed by atoms with Gasteiger partial charge >= 0.3 is 5.97 Å². The molecule has 594 valence electrons. The Kier molecular flexibility index (Phi) is 24.2. The smallest absolute Gasteiger partial charge is 0.330 e. The summed E-state index contributed by atoms with van der Waals surface area (Å²) >= 11 is 7.13. The number of halogens is 1. The number of aliphatic carboxylic acids is 1. The van der Waals surface area contributed by atoms with Crippen LogP contribution in [0.1, 0.15) is 125 Å². The van der Waals surface area contributed by atoms with Crippen LogP contribution in [0.5, 0.6) is 46.0 Å². The van der Waals surface area contributed by atoms with Gasteiger partial charge < -0.3 is 143 Å². The normalized spacial score (nSPS) is 32.2. The van der Waals surface area contributed by atoms with Gasteiger partial charge in [0.25, 0.3) is 0 Å². The van der Waals surface area contributed by atoms with Crippen LogP contribution >= 0.6 is 11.6 Å². The minimum Gasteiger partial charge on any atom is -0.508 e. The van der Waals surface area contributed by atoms with E-state index in [-0.39, 0.29) is 58.4 Å². The number of nitrogens with one attached hydrogen (secondary N) is 7. The lowest BCUT2D eigenvalue weighted by Gasteiger charge is -2.47. The van der Waals surface area contributed by atoms with E-state index in [0.29, 0.717) is 0 Å². The van der Waals surface area contributed by atoms with E-state index in [4.69, 9.17) is 66.7 Å². The fourth-order valence-electron chi connectivity index (χ4n) is 14.2. The largest absolute Gasteiger partial charge is 0.508 e. The summed E-state index contributed by atoms with van der Waals surface area (Å²) in [5.41, 5.74) is 13.6. The van der Waals surface area contributed by atoms with Crippen molar-refractivity contribution in [1.29, 1.82) is 0 Å². The Morgan fingerprint density at radius 3 is 1.87 bits per heavy atom. The van der Waals surface area contributed by atoms with Gasteiger partial charge in [0, 0.05) is 46.7 Å². The molecule has 110 heavy (non-hydrogen) atoms. The second kappa shape index (κ2) is 32.8. The van der Waals surface area contributed by atoms with Crippen LogP contribution in [0.15, 0.2) is 84.9 Å². The Hall–Kier alpha value is -9.61. The number of amides is 7. The molecule has 7 amide bonds. The molecule has 5 aromatic carbocycles. The molecule has 14 unspecified atom stereocenters. The predicted octanol–water partition coefficient (Wildman–Crippen LogP) is -0.310. The van der Waals surface area contributed by atoms with E-state index in [1.807, 2.05) is 13.8 Å². The number of aliphatic hydroxyl groups is 6. The Balaban J connectivity index is 1.18. The number of ether oxygens (including phenoxy) is 8. The van der Waals surface area contributed by atoms with E-state index in [0.717, 1.165) is 48.5 Å². The predicted molar refractivity (Wildman–Crippen MR) is 381 cm³/mol. The minimum atomic E-state index is -2.34. The highest BCUT2D eigenvalue weighted by atomic mass is 35.5. The molecule has 22 atom stereocenters. The number of carboxylic acid groups (broad SMARTS) is 1. The number of carboxylic acids is 1. The third-order valence-electron chi connectivity index (χ3n) is 20.1. The zero-order chi connectivity index (χ0) is 80.0. The van der Waals surface area contributed by atoms with Gasteiger partial charge in [0.1, 0.15) is 89.5 Å². The molecule has 23 N–H and O–H groups in total. The average molecular weight is 1560 g/mol. The van der Waals surface area contributed by atoms with Gasteiger partial charge in [-0.25, -0.2) is 4.79 Å². The van der Waals surface area contributed by atoms with Crippen LogP contribution in [0.2, 0.25) is 5.02 Å². The number of aliphatic hydroxyl groups excluding tert-OH is 6. The molecule has 3 fully saturated rings. The van der Waals surface area contributed by atoms with Gasteiger partial charge in [-0.15, -0.1) is 0 Å². The molecule has 0 saturated carbocycles. The summed E-state index contributed by atoms with van der Waals surface area (Å²) in [5.74, 6) is -15.5. The summed E-state index contributed by atoms with van der Waals surface area (Å²) in [5, 5.41) is 132. The first-order chi connectivity index (χ1) is 51.8. The van der Waals surface area contributed by atoms with E-state index in [9.17, 15) is 70.2 Å². The molecule has 36 nitrogen and oxygen atoms in total. The number of aromatic hydroxyl groups is 3. The van der Waals surface area contributed by atoms with Crippen LogP contribution in [0.4, 0.5) is 0 Å². The zero-order valence-corrected chi connectivity index (χ0v) is 61.1. The lowest BCUT2D eigenvalue weighted by molar-refractivity contribution is -0.333. The van der Waals surface area contributed by atoms with Crippen molar-refractivity contribution in [3.05, 3.63) is 118 Å². The quantitative estimate of drug-likeness (QED) is 0.0639. The van der Waals surface area contributed by atoms with Gasteiger partial charge in [-0.2, -0.15) is 0 Å². The number of carbonyl (C=O) groups is 8. The third kappa shape index (κ3) is 17.3. The highest BCUT2D eigenvalue weighted by Gasteiger charge is 2.52. The van der Waals surface area contributed by atoms with Gasteiger partial charge in [-0.05, 0) is 124 Å². The monoisotopic (exact) mass is 1560 g/mol. The molecule has 0 aromatic heterocycles. The topological polar surface area (TPSA) is 575 Å². The van der Waals surface area contributed by atoms with Gasteiger partial charge in [-0.3, -0.25) is 33.6 Å². The van der Waals surface area contributed by atoms with Crippen LogP contribution in [-0.2, 0) is 62.0 Å². The average Bonchev–Trinajstić information content (AvgIpc) is 0.765. The van der Waals surface area contributed by atoms with E-state index in [1.165, 1.54) is 71.1 Å². The Bertz CT molecular complexity index is 4350.